The highest BCUT2D eigenvalue weighted by molar-refractivity contribution is 5.84. The molecule has 1 aliphatic carbocycles. The smallest absolute Gasteiger partial charge is 0.241 e. The molecule has 0 spiro atoms. The average molecular weight is 257 g/mol. The molecule has 0 aromatic rings. The summed E-state index contributed by atoms with van der Waals surface area (Å²) in [4.78, 5) is 15.5. The van der Waals surface area contributed by atoms with Crippen molar-refractivity contribution in [2.75, 3.05) is 26.8 Å². The molecule has 1 saturated carbocycles. The zero-order chi connectivity index (χ0) is 13.2. The quantitative estimate of drug-likeness (QED) is 0.162. The third-order valence-electron chi connectivity index (χ3n) is 2.84. The molecule has 5 N–H and O–H groups in total. The van der Waals surface area contributed by atoms with Crippen LogP contribution in [0.15, 0.2) is 4.99 Å². The molecule has 0 atom stereocenters. The van der Waals surface area contributed by atoms with Gasteiger partial charge in [0, 0.05) is 19.7 Å². The fourth-order valence-electron chi connectivity index (χ4n) is 1.90. The lowest BCUT2D eigenvalue weighted by molar-refractivity contribution is -0.119. The van der Waals surface area contributed by atoms with Gasteiger partial charge in [0.15, 0.2) is 0 Å². The first kappa shape index (κ1) is 14.7. The van der Waals surface area contributed by atoms with Gasteiger partial charge in [0.2, 0.25) is 11.9 Å². The summed E-state index contributed by atoms with van der Waals surface area (Å²) in [5.74, 6) is 5.69. The van der Waals surface area contributed by atoms with E-state index in [1.54, 1.807) is 7.11 Å². The molecule has 0 unspecified atom stereocenters. The number of nitrogens with zero attached hydrogens (tertiary/aromatic N) is 1. The monoisotopic (exact) mass is 257 g/mol. The number of hydrogen-bond donors (Lipinski definition) is 4. The SMILES string of the molecule is COCCNC(=O)CN=C(NN)NC1CCCC1. The van der Waals surface area contributed by atoms with E-state index in [1.807, 2.05) is 0 Å². The molecule has 1 amide bonds. The van der Waals surface area contributed by atoms with Crippen molar-refractivity contribution in [3.63, 3.8) is 0 Å². The maximum atomic E-state index is 11.4. The average Bonchev–Trinajstić information content (AvgIpc) is 2.87. The van der Waals surface area contributed by atoms with Crippen molar-refractivity contribution in [1.82, 2.24) is 16.1 Å². The fourth-order valence-corrected chi connectivity index (χ4v) is 1.90. The van der Waals surface area contributed by atoms with E-state index in [4.69, 9.17) is 10.6 Å². The van der Waals surface area contributed by atoms with Gasteiger partial charge in [-0.05, 0) is 12.8 Å². The lowest BCUT2D eigenvalue weighted by Gasteiger charge is -2.14. The van der Waals surface area contributed by atoms with Gasteiger partial charge >= 0.3 is 0 Å². The molecule has 0 aromatic heterocycles. The molecule has 7 heteroatoms. The minimum atomic E-state index is -0.145. The fraction of sp³-hybridized carbons (Fsp3) is 0.818. The molecular weight excluding hydrogens is 234 g/mol. The lowest BCUT2D eigenvalue weighted by Crippen LogP contribution is -2.46. The molecule has 1 aliphatic rings. The number of aliphatic imine (C=N–C) groups is 1. The molecule has 0 aliphatic heterocycles. The van der Waals surface area contributed by atoms with Crippen LogP contribution >= 0.6 is 0 Å². The van der Waals surface area contributed by atoms with Gasteiger partial charge in [0.1, 0.15) is 6.54 Å². The predicted octanol–water partition coefficient (Wildman–Crippen LogP) is -0.899. The summed E-state index contributed by atoms with van der Waals surface area (Å²) in [5.41, 5.74) is 2.49. The van der Waals surface area contributed by atoms with Crippen LogP contribution in [0.3, 0.4) is 0 Å². The molecule has 18 heavy (non-hydrogen) atoms. The second-order valence-electron chi connectivity index (χ2n) is 4.28. The van der Waals surface area contributed by atoms with Crippen LogP contribution < -0.4 is 21.9 Å². The Hall–Kier alpha value is -1.34. The van der Waals surface area contributed by atoms with Crippen LogP contribution in [0.4, 0.5) is 0 Å². The Kier molecular flexibility index (Phi) is 7.12. The Labute approximate surface area is 108 Å². The number of ether oxygens (including phenoxy) is 1. The molecule has 0 aromatic carbocycles. The summed E-state index contributed by atoms with van der Waals surface area (Å²) in [6, 6.07) is 0.413. The van der Waals surface area contributed by atoms with Gasteiger partial charge in [0.25, 0.3) is 0 Å². The van der Waals surface area contributed by atoms with Crippen molar-refractivity contribution in [3.8, 4) is 0 Å². The van der Waals surface area contributed by atoms with Crippen molar-refractivity contribution in [3.05, 3.63) is 0 Å². The molecule has 0 heterocycles. The largest absolute Gasteiger partial charge is 0.383 e. The van der Waals surface area contributed by atoms with Crippen LogP contribution in [0.1, 0.15) is 25.7 Å². The van der Waals surface area contributed by atoms with Crippen molar-refractivity contribution in [1.29, 1.82) is 0 Å². The van der Waals surface area contributed by atoms with Crippen molar-refractivity contribution >= 4 is 11.9 Å². The van der Waals surface area contributed by atoms with Crippen LogP contribution in [0, 0.1) is 0 Å². The van der Waals surface area contributed by atoms with Gasteiger partial charge in [-0.1, -0.05) is 12.8 Å². The number of hydrogen-bond acceptors (Lipinski definition) is 4. The van der Waals surface area contributed by atoms with E-state index in [1.165, 1.54) is 12.8 Å². The highest BCUT2D eigenvalue weighted by Crippen LogP contribution is 2.17. The van der Waals surface area contributed by atoms with Crippen LogP contribution in [-0.2, 0) is 9.53 Å². The Morgan fingerprint density at radius 3 is 2.78 bits per heavy atom. The number of carbonyl (C=O) groups excluding carboxylic acids is 1. The third kappa shape index (κ3) is 5.83. The van der Waals surface area contributed by atoms with E-state index >= 15 is 0 Å². The first-order valence-corrected chi connectivity index (χ1v) is 6.29. The zero-order valence-electron chi connectivity index (χ0n) is 10.9. The number of nitrogens with two attached hydrogens (primary N) is 1. The van der Waals surface area contributed by atoms with Gasteiger partial charge in [-0.25, -0.2) is 10.8 Å². The highest BCUT2D eigenvalue weighted by Gasteiger charge is 2.15. The molecular formula is C11H23N5O2. The zero-order valence-corrected chi connectivity index (χ0v) is 10.9. The summed E-state index contributed by atoms with van der Waals surface area (Å²) >= 11 is 0. The summed E-state index contributed by atoms with van der Waals surface area (Å²) in [7, 11) is 1.59. The Morgan fingerprint density at radius 2 is 2.17 bits per heavy atom. The number of hydrazine groups is 1. The van der Waals surface area contributed by atoms with E-state index in [9.17, 15) is 4.79 Å². The topological polar surface area (TPSA) is 101 Å². The van der Waals surface area contributed by atoms with Crippen molar-refractivity contribution in [2.45, 2.75) is 31.7 Å². The maximum absolute atomic E-state index is 11.4. The van der Waals surface area contributed by atoms with Gasteiger partial charge in [-0.3, -0.25) is 10.2 Å². The lowest BCUT2D eigenvalue weighted by atomic mass is 10.2. The number of amides is 1. The minimum absolute atomic E-state index is 0.0585. The van der Waals surface area contributed by atoms with Crippen molar-refractivity contribution in [2.24, 2.45) is 10.8 Å². The maximum Gasteiger partial charge on any atom is 0.241 e. The van der Waals surface area contributed by atoms with Crippen LogP contribution in [0.2, 0.25) is 0 Å². The first-order valence-electron chi connectivity index (χ1n) is 6.29. The molecule has 1 fully saturated rings. The van der Waals surface area contributed by atoms with Crippen LogP contribution in [0.25, 0.3) is 0 Å². The molecule has 7 nitrogen and oxygen atoms in total. The molecule has 0 bridgehead atoms. The number of rotatable bonds is 6. The van der Waals surface area contributed by atoms with Crippen molar-refractivity contribution < 1.29 is 9.53 Å². The number of nitrogens with one attached hydrogen (secondary N) is 3. The molecule has 0 saturated heterocycles. The second-order valence-corrected chi connectivity index (χ2v) is 4.28. The molecule has 104 valence electrons. The summed E-state index contributed by atoms with van der Waals surface area (Å²) in [6.45, 7) is 1.05. The molecule has 0 radical (unpaired) electrons. The van der Waals surface area contributed by atoms with E-state index in [0.29, 0.717) is 25.2 Å². The summed E-state index contributed by atoms with van der Waals surface area (Å²) in [5, 5.41) is 5.89. The predicted molar refractivity (Wildman–Crippen MR) is 69.9 cm³/mol. The first-order chi connectivity index (χ1) is 8.76. The van der Waals surface area contributed by atoms with Crippen LogP contribution in [0.5, 0.6) is 0 Å². The summed E-state index contributed by atoms with van der Waals surface area (Å²) in [6.07, 6.45) is 4.71. The van der Waals surface area contributed by atoms with Crippen LogP contribution in [-0.4, -0.2) is 44.7 Å². The number of carbonyl (C=O) groups is 1. The Bertz CT molecular complexity index is 277. The Morgan fingerprint density at radius 1 is 1.44 bits per heavy atom. The van der Waals surface area contributed by atoms with Gasteiger partial charge in [-0.15, -0.1) is 0 Å². The molecule has 1 rings (SSSR count). The normalized spacial score (nSPS) is 16.7. The minimum Gasteiger partial charge on any atom is -0.383 e. The van der Waals surface area contributed by atoms with E-state index in [0.717, 1.165) is 12.8 Å². The number of guanidine groups is 1. The summed E-state index contributed by atoms with van der Waals surface area (Å²) < 4.78 is 4.83. The number of methoxy groups -OCH3 is 1. The van der Waals surface area contributed by atoms with Gasteiger partial charge in [0.05, 0.1) is 6.61 Å². The van der Waals surface area contributed by atoms with Gasteiger partial charge in [-0.2, -0.15) is 0 Å². The van der Waals surface area contributed by atoms with E-state index in [-0.39, 0.29) is 12.5 Å². The Balaban J connectivity index is 2.25. The third-order valence-corrected chi connectivity index (χ3v) is 2.84. The highest BCUT2D eigenvalue weighted by atomic mass is 16.5. The van der Waals surface area contributed by atoms with E-state index < -0.39 is 0 Å². The van der Waals surface area contributed by atoms with Gasteiger partial charge < -0.3 is 15.4 Å². The standard InChI is InChI=1S/C11H23N5O2/c1-18-7-6-13-10(17)8-14-11(16-12)15-9-4-2-3-5-9/h9H,2-8,12H2,1H3,(H,13,17)(H2,14,15,16). The second kappa shape index (κ2) is 8.71. The van der Waals surface area contributed by atoms with E-state index in [2.05, 4.69) is 21.1 Å².